The number of nitrogens with zero attached hydrogens (tertiary/aromatic N) is 2. The summed E-state index contributed by atoms with van der Waals surface area (Å²) in [4.78, 5) is 0. The number of allylic oxidation sites excluding steroid dienone is 2. The predicted molar refractivity (Wildman–Crippen MR) is 185 cm³/mol. The molecule has 0 N–H and O–H groups in total. The highest BCUT2D eigenvalue weighted by Crippen LogP contribution is 2.36. The van der Waals surface area contributed by atoms with E-state index in [1.165, 1.54) is 54.7 Å². The Hall–Kier alpha value is -5.60. The molecule has 0 amide bonds. The molecule has 0 saturated carbocycles. The molecule has 0 atom stereocenters. The third kappa shape index (κ3) is 4.03. The molecule has 0 unspecified atom stereocenters. The molecule has 0 aliphatic carbocycles. The van der Waals surface area contributed by atoms with Crippen LogP contribution in [0.15, 0.2) is 146 Å². The zero-order valence-electron chi connectivity index (χ0n) is 24.0. The molecule has 2 heterocycles. The molecule has 0 spiro atoms. The minimum absolute atomic E-state index is 1.02. The van der Waals surface area contributed by atoms with Crippen molar-refractivity contribution in [3.05, 3.63) is 156 Å². The summed E-state index contributed by atoms with van der Waals surface area (Å²) in [6.07, 6.45) is 4.41. The van der Waals surface area contributed by atoms with E-state index in [0.29, 0.717) is 0 Å². The summed E-state index contributed by atoms with van der Waals surface area (Å²) in [5.74, 6) is 0. The van der Waals surface area contributed by atoms with Crippen molar-refractivity contribution in [2.45, 2.75) is 6.92 Å². The van der Waals surface area contributed by atoms with Crippen LogP contribution >= 0.6 is 0 Å². The largest absolute Gasteiger partial charge is 0.310 e. The Morgan fingerprint density at radius 3 is 1.72 bits per heavy atom. The summed E-state index contributed by atoms with van der Waals surface area (Å²) in [6.45, 7) is 6.34. The number of fused-ring (bicyclic) bond motifs is 6. The van der Waals surface area contributed by atoms with Crippen LogP contribution in [0.5, 0.6) is 0 Å². The van der Waals surface area contributed by atoms with Gasteiger partial charge in [-0.1, -0.05) is 110 Å². The van der Waals surface area contributed by atoms with Gasteiger partial charge in [-0.15, -0.1) is 0 Å². The van der Waals surface area contributed by atoms with Crippen LogP contribution < -0.4 is 10.4 Å². The normalized spacial score (nSPS) is 12.7. The number of hydrogen-bond donors (Lipinski definition) is 0. The monoisotopic (exact) mass is 550 g/mol. The van der Waals surface area contributed by atoms with Gasteiger partial charge in [0.2, 0.25) is 0 Å². The highest BCUT2D eigenvalue weighted by molar-refractivity contribution is 6.12. The van der Waals surface area contributed by atoms with E-state index >= 15 is 0 Å². The first-order chi connectivity index (χ1) is 21.2. The second-order valence-corrected chi connectivity index (χ2v) is 11.1. The van der Waals surface area contributed by atoms with Crippen molar-refractivity contribution in [3.8, 4) is 16.8 Å². The van der Waals surface area contributed by atoms with E-state index in [0.717, 1.165) is 21.8 Å². The quantitative estimate of drug-likeness (QED) is 0.207. The van der Waals surface area contributed by atoms with Crippen molar-refractivity contribution in [2.75, 3.05) is 0 Å². The highest BCUT2D eigenvalue weighted by atomic mass is 15.0. The number of rotatable bonds is 4. The maximum absolute atomic E-state index is 4.24. The summed E-state index contributed by atoms with van der Waals surface area (Å²) in [7, 11) is 0. The van der Waals surface area contributed by atoms with Crippen LogP contribution in [0.25, 0.3) is 78.8 Å². The average Bonchev–Trinajstić information content (AvgIpc) is 3.57. The molecular formula is C41H30N2. The Morgan fingerprint density at radius 1 is 0.535 bits per heavy atom. The number of benzene rings is 6. The lowest BCUT2D eigenvalue weighted by Crippen LogP contribution is -2.22. The lowest BCUT2D eigenvalue weighted by atomic mass is 10.0. The van der Waals surface area contributed by atoms with Gasteiger partial charge in [0.25, 0.3) is 0 Å². The van der Waals surface area contributed by atoms with Crippen LogP contribution in [-0.2, 0) is 0 Å². The van der Waals surface area contributed by atoms with E-state index in [-0.39, 0.29) is 0 Å². The van der Waals surface area contributed by atoms with Crippen molar-refractivity contribution >= 4 is 62.0 Å². The Bertz CT molecular complexity index is 2420. The Kier molecular flexibility index (Phi) is 5.87. The molecule has 204 valence electrons. The SMILES string of the molecule is C=c1cccc/c1=C/C(=C\C)n1c2ccccc2c2cc(-c3ccc(-n4c5ccccc5c5ccccc54)cc3)ccc21. The lowest BCUT2D eigenvalue weighted by molar-refractivity contribution is 1.18. The van der Waals surface area contributed by atoms with Gasteiger partial charge in [-0.05, 0) is 77.0 Å². The average molecular weight is 551 g/mol. The van der Waals surface area contributed by atoms with Crippen LogP contribution in [0.2, 0.25) is 0 Å². The third-order valence-electron chi connectivity index (χ3n) is 8.62. The van der Waals surface area contributed by atoms with Crippen LogP contribution in [-0.4, -0.2) is 9.13 Å². The van der Waals surface area contributed by atoms with E-state index in [9.17, 15) is 0 Å². The van der Waals surface area contributed by atoms with Crippen molar-refractivity contribution in [1.29, 1.82) is 0 Å². The maximum Gasteiger partial charge on any atom is 0.0541 e. The molecular weight excluding hydrogens is 520 g/mol. The molecule has 0 aliphatic heterocycles. The fraction of sp³-hybridized carbons (Fsp3) is 0.0244. The Balaban J connectivity index is 1.26. The van der Waals surface area contributed by atoms with Gasteiger partial charge in [0.05, 0.1) is 22.1 Å². The minimum atomic E-state index is 1.02. The van der Waals surface area contributed by atoms with E-state index in [1.807, 2.05) is 6.07 Å². The van der Waals surface area contributed by atoms with E-state index in [2.05, 4.69) is 168 Å². The van der Waals surface area contributed by atoms with Crippen LogP contribution in [0.4, 0.5) is 0 Å². The second-order valence-electron chi connectivity index (χ2n) is 11.1. The van der Waals surface area contributed by atoms with Crippen molar-refractivity contribution in [2.24, 2.45) is 0 Å². The van der Waals surface area contributed by atoms with Gasteiger partial charge in [-0.2, -0.15) is 0 Å². The van der Waals surface area contributed by atoms with Gasteiger partial charge in [-0.3, -0.25) is 0 Å². The maximum atomic E-state index is 4.24. The Morgan fingerprint density at radius 2 is 1.07 bits per heavy atom. The molecule has 0 bridgehead atoms. The van der Waals surface area contributed by atoms with E-state index in [4.69, 9.17) is 0 Å². The molecule has 6 aromatic carbocycles. The summed E-state index contributed by atoms with van der Waals surface area (Å²) < 4.78 is 4.73. The zero-order chi connectivity index (χ0) is 28.9. The first-order valence-corrected chi connectivity index (χ1v) is 14.8. The molecule has 0 fully saturated rings. The Labute approximate surface area is 250 Å². The number of para-hydroxylation sites is 3. The van der Waals surface area contributed by atoms with Crippen LogP contribution in [0, 0.1) is 0 Å². The second kappa shape index (κ2) is 10.0. The topological polar surface area (TPSA) is 9.86 Å². The number of hydrogen-bond acceptors (Lipinski definition) is 0. The molecule has 2 aromatic heterocycles. The fourth-order valence-corrected chi connectivity index (χ4v) is 6.55. The van der Waals surface area contributed by atoms with Crippen LogP contribution in [0.1, 0.15) is 6.92 Å². The predicted octanol–water partition coefficient (Wildman–Crippen LogP) is 9.31. The van der Waals surface area contributed by atoms with Gasteiger partial charge in [-0.25, -0.2) is 0 Å². The van der Waals surface area contributed by atoms with E-state index in [1.54, 1.807) is 0 Å². The molecule has 0 saturated heterocycles. The molecule has 8 rings (SSSR count). The van der Waals surface area contributed by atoms with Gasteiger partial charge in [0, 0.05) is 32.9 Å². The lowest BCUT2D eigenvalue weighted by Gasteiger charge is -2.11. The van der Waals surface area contributed by atoms with Gasteiger partial charge in [0.15, 0.2) is 0 Å². The fourth-order valence-electron chi connectivity index (χ4n) is 6.55. The molecule has 0 radical (unpaired) electrons. The minimum Gasteiger partial charge on any atom is -0.310 e. The summed E-state index contributed by atoms with van der Waals surface area (Å²) in [5.41, 5.74) is 9.54. The molecule has 0 aliphatic rings. The standard InChI is InChI=1S/C41H30N2/c1-3-32(26-30-13-5-4-12-28(30)2)42-40-19-11-8-16-36(40)37-27-31(22-25-41(37)42)29-20-23-33(24-21-29)43-38-17-9-6-14-34(38)35-15-7-10-18-39(35)43/h3-27H,2H2,1H3/b30-26-,32-3+. The summed E-state index contributed by atoms with van der Waals surface area (Å²) >= 11 is 0. The van der Waals surface area contributed by atoms with Crippen molar-refractivity contribution in [1.82, 2.24) is 9.13 Å². The van der Waals surface area contributed by atoms with E-state index < -0.39 is 0 Å². The highest BCUT2D eigenvalue weighted by Gasteiger charge is 2.14. The molecule has 8 aromatic rings. The number of aromatic nitrogens is 2. The van der Waals surface area contributed by atoms with Gasteiger partial charge in [0.1, 0.15) is 0 Å². The first kappa shape index (κ1) is 25.1. The van der Waals surface area contributed by atoms with Gasteiger partial charge >= 0.3 is 0 Å². The van der Waals surface area contributed by atoms with Crippen molar-refractivity contribution < 1.29 is 0 Å². The van der Waals surface area contributed by atoms with Gasteiger partial charge < -0.3 is 9.13 Å². The first-order valence-electron chi connectivity index (χ1n) is 14.8. The third-order valence-corrected chi connectivity index (χ3v) is 8.62. The molecule has 43 heavy (non-hydrogen) atoms. The van der Waals surface area contributed by atoms with Crippen molar-refractivity contribution in [3.63, 3.8) is 0 Å². The molecule has 2 heteroatoms. The summed E-state index contributed by atoms with van der Waals surface area (Å²) in [5, 5.41) is 7.20. The smallest absolute Gasteiger partial charge is 0.0541 e. The summed E-state index contributed by atoms with van der Waals surface area (Å²) in [6, 6.07) is 50.1. The zero-order valence-corrected chi connectivity index (χ0v) is 24.0. The molecule has 2 nitrogen and oxygen atoms in total. The van der Waals surface area contributed by atoms with Crippen LogP contribution in [0.3, 0.4) is 0 Å².